The summed E-state index contributed by atoms with van der Waals surface area (Å²) in [4.78, 5) is 0. The molecule has 1 rings (SSSR count). The van der Waals surface area contributed by atoms with Crippen molar-refractivity contribution in [1.29, 1.82) is 0 Å². The minimum Gasteiger partial charge on any atom is -0.311 e. The molecule has 0 spiro atoms. The highest BCUT2D eigenvalue weighted by atomic mass is 15.0. The average Bonchev–Trinajstić information content (AvgIpc) is 2.32. The topological polar surface area (TPSA) is 12.0 Å². The molecule has 1 fully saturated rings. The molecule has 0 amide bonds. The second-order valence-corrected chi connectivity index (χ2v) is 5.68. The molecule has 0 aromatic heterocycles. The van der Waals surface area contributed by atoms with E-state index in [1.807, 2.05) is 0 Å². The van der Waals surface area contributed by atoms with Crippen LogP contribution in [0.25, 0.3) is 0 Å². The molecule has 0 heterocycles. The molecule has 0 unspecified atom stereocenters. The Balaban J connectivity index is 2.30. The zero-order valence-electron chi connectivity index (χ0n) is 9.04. The highest BCUT2D eigenvalue weighted by Gasteiger charge is 2.28. The number of hydrogen-bond donors (Lipinski definition) is 1. The van der Waals surface area contributed by atoms with E-state index in [4.69, 9.17) is 0 Å². The number of nitrogens with one attached hydrogen (secondary N) is 1. The summed E-state index contributed by atoms with van der Waals surface area (Å²) in [6, 6.07) is 0. The molecule has 1 nitrogen and oxygen atoms in total. The summed E-state index contributed by atoms with van der Waals surface area (Å²) in [5.41, 5.74) is 0.874. The van der Waals surface area contributed by atoms with Gasteiger partial charge in [0.2, 0.25) is 0 Å². The first kappa shape index (κ1) is 10.0. The molecular formula is C11H23N. The molecule has 1 heteroatoms. The van der Waals surface area contributed by atoms with Gasteiger partial charge < -0.3 is 5.32 Å². The minimum absolute atomic E-state index is 0.422. The first-order chi connectivity index (χ1) is 5.41. The Hall–Kier alpha value is -0.0400. The van der Waals surface area contributed by atoms with Crippen LogP contribution in [-0.4, -0.2) is 12.1 Å². The molecule has 0 bridgehead atoms. The van der Waals surface area contributed by atoms with E-state index in [1.165, 1.54) is 25.7 Å². The molecule has 0 aromatic rings. The van der Waals surface area contributed by atoms with Gasteiger partial charge >= 0.3 is 0 Å². The van der Waals surface area contributed by atoms with E-state index in [9.17, 15) is 0 Å². The first-order valence-corrected chi connectivity index (χ1v) is 5.16. The van der Waals surface area contributed by atoms with Crippen molar-refractivity contribution >= 4 is 0 Å². The quantitative estimate of drug-likeness (QED) is 0.670. The summed E-state index contributed by atoms with van der Waals surface area (Å²) in [6.45, 7) is 10.4. The highest BCUT2D eigenvalue weighted by molar-refractivity contribution is 4.89. The van der Waals surface area contributed by atoms with Crippen molar-refractivity contribution < 1.29 is 0 Å². The molecule has 0 aliphatic heterocycles. The molecule has 72 valence electrons. The summed E-state index contributed by atoms with van der Waals surface area (Å²) >= 11 is 0. The molecular weight excluding hydrogens is 146 g/mol. The molecule has 1 aliphatic rings. The lowest BCUT2D eigenvalue weighted by molar-refractivity contribution is 0.287. The summed E-state index contributed by atoms with van der Waals surface area (Å²) in [5.74, 6) is 0. The van der Waals surface area contributed by atoms with Gasteiger partial charge in [0.05, 0.1) is 0 Å². The summed E-state index contributed by atoms with van der Waals surface area (Å²) < 4.78 is 0. The lowest BCUT2D eigenvalue weighted by Crippen LogP contribution is -2.43. The van der Waals surface area contributed by atoms with Crippen LogP contribution in [0, 0.1) is 5.41 Å². The van der Waals surface area contributed by atoms with Crippen molar-refractivity contribution in [1.82, 2.24) is 5.32 Å². The SMILES string of the molecule is CC(C)(C)CNC1(C)CCCC1. The van der Waals surface area contributed by atoms with Crippen molar-refractivity contribution in [3.8, 4) is 0 Å². The zero-order chi connectivity index (χ0) is 9.24. The average molecular weight is 169 g/mol. The van der Waals surface area contributed by atoms with E-state index in [-0.39, 0.29) is 0 Å². The maximum Gasteiger partial charge on any atom is 0.0153 e. The van der Waals surface area contributed by atoms with E-state index in [0.717, 1.165) is 6.54 Å². The Labute approximate surface area is 76.9 Å². The van der Waals surface area contributed by atoms with Gasteiger partial charge in [0.15, 0.2) is 0 Å². The van der Waals surface area contributed by atoms with Crippen molar-refractivity contribution in [3.05, 3.63) is 0 Å². The Morgan fingerprint density at radius 3 is 2.08 bits per heavy atom. The lowest BCUT2D eigenvalue weighted by atomic mass is 9.93. The molecule has 1 aliphatic carbocycles. The smallest absolute Gasteiger partial charge is 0.0153 e. The van der Waals surface area contributed by atoms with E-state index < -0.39 is 0 Å². The van der Waals surface area contributed by atoms with Crippen molar-refractivity contribution in [2.75, 3.05) is 6.54 Å². The predicted molar refractivity (Wildman–Crippen MR) is 54.3 cm³/mol. The van der Waals surface area contributed by atoms with Crippen LogP contribution < -0.4 is 5.32 Å². The van der Waals surface area contributed by atoms with Gasteiger partial charge in [-0.25, -0.2) is 0 Å². The van der Waals surface area contributed by atoms with Gasteiger partial charge in [-0.05, 0) is 25.2 Å². The fraction of sp³-hybridized carbons (Fsp3) is 1.00. The standard InChI is InChI=1S/C11H23N/c1-10(2,3)9-12-11(4)7-5-6-8-11/h12H,5-9H2,1-4H3. The Bertz CT molecular complexity index is 138. The van der Waals surface area contributed by atoms with E-state index in [2.05, 4.69) is 33.0 Å². The third kappa shape index (κ3) is 3.14. The lowest BCUT2D eigenvalue weighted by Gasteiger charge is -2.30. The Morgan fingerprint density at radius 2 is 1.67 bits per heavy atom. The van der Waals surface area contributed by atoms with Gasteiger partial charge in [-0.2, -0.15) is 0 Å². The predicted octanol–water partition coefficient (Wildman–Crippen LogP) is 2.95. The van der Waals surface area contributed by atoms with Gasteiger partial charge in [0.1, 0.15) is 0 Å². The van der Waals surface area contributed by atoms with Crippen LogP contribution in [0.2, 0.25) is 0 Å². The van der Waals surface area contributed by atoms with E-state index >= 15 is 0 Å². The molecule has 0 aromatic carbocycles. The van der Waals surface area contributed by atoms with Crippen molar-refractivity contribution in [2.24, 2.45) is 5.41 Å². The van der Waals surface area contributed by atoms with E-state index in [1.54, 1.807) is 0 Å². The molecule has 1 saturated carbocycles. The maximum absolute atomic E-state index is 3.70. The monoisotopic (exact) mass is 169 g/mol. The summed E-state index contributed by atoms with van der Waals surface area (Å²) in [7, 11) is 0. The summed E-state index contributed by atoms with van der Waals surface area (Å²) in [5, 5.41) is 3.70. The van der Waals surface area contributed by atoms with Gasteiger partial charge in [-0.1, -0.05) is 33.6 Å². The first-order valence-electron chi connectivity index (χ1n) is 5.16. The fourth-order valence-electron chi connectivity index (χ4n) is 1.81. The molecule has 0 atom stereocenters. The molecule has 0 saturated heterocycles. The van der Waals surface area contributed by atoms with Gasteiger partial charge in [0.25, 0.3) is 0 Å². The highest BCUT2D eigenvalue weighted by Crippen LogP contribution is 2.29. The molecule has 1 N–H and O–H groups in total. The van der Waals surface area contributed by atoms with Gasteiger partial charge in [0, 0.05) is 12.1 Å². The van der Waals surface area contributed by atoms with Gasteiger partial charge in [-0.3, -0.25) is 0 Å². The van der Waals surface area contributed by atoms with Crippen molar-refractivity contribution in [3.63, 3.8) is 0 Å². The molecule has 12 heavy (non-hydrogen) atoms. The van der Waals surface area contributed by atoms with Crippen LogP contribution in [-0.2, 0) is 0 Å². The second kappa shape index (κ2) is 3.37. The van der Waals surface area contributed by atoms with Crippen LogP contribution in [0.4, 0.5) is 0 Å². The largest absolute Gasteiger partial charge is 0.311 e. The van der Waals surface area contributed by atoms with E-state index in [0.29, 0.717) is 11.0 Å². The number of rotatable bonds is 2. The van der Waals surface area contributed by atoms with Crippen LogP contribution in [0.5, 0.6) is 0 Å². The zero-order valence-corrected chi connectivity index (χ0v) is 9.04. The Kier molecular flexibility index (Phi) is 2.82. The summed E-state index contributed by atoms with van der Waals surface area (Å²) in [6.07, 6.45) is 5.55. The fourth-order valence-corrected chi connectivity index (χ4v) is 1.81. The molecule has 0 radical (unpaired) electrons. The number of hydrogen-bond acceptors (Lipinski definition) is 1. The third-order valence-corrected chi connectivity index (χ3v) is 2.75. The van der Waals surface area contributed by atoms with Gasteiger partial charge in [-0.15, -0.1) is 0 Å². The normalized spacial score (nSPS) is 23.0. The van der Waals surface area contributed by atoms with Crippen LogP contribution in [0.1, 0.15) is 53.4 Å². The second-order valence-electron chi connectivity index (χ2n) is 5.68. The Morgan fingerprint density at radius 1 is 1.17 bits per heavy atom. The minimum atomic E-state index is 0.422. The van der Waals surface area contributed by atoms with Crippen LogP contribution >= 0.6 is 0 Å². The van der Waals surface area contributed by atoms with Crippen LogP contribution in [0.3, 0.4) is 0 Å². The van der Waals surface area contributed by atoms with Crippen LogP contribution in [0.15, 0.2) is 0 Å². The van der Waals surface area contributed by atoms with Crippen molar-refractivity contribution in [2.45, 2.75) is 58.9 Å². The third-order valence-electron chi connectivity index (χ3n) is 2.75. The maximum atomic E-state index is 3.70.